The van der Waals surface area contributed by atoms with Gasteiger partial charge in [-0.25, -0.2) is 4.79 Å². The number of aliphatic hydroxyl groups is 1. The molecule has 4 rings (SSSR count). The van der Waals surface area contributed by atoms with Crippen LogP contribution in [-0.4, -0.2) is 34.8 Å². The predicted octanol–water partition coefficient (Wildman–Crippen LogP) is 5.18. The number of ether oxygens (including phenoxy) is 2. The summed E-state index contributed by atoms with van der Waals surface area (Å²) >= 11 is 0. The van der Waals surface area contributed by atoms with E-state index < -0.39 is 24.6 Å². The number of carbonyl (C=O) groups is 2. The fourth-order valence-electron chi connectivity index (χ4n) is 4.46. The second-order valence-electron chi connectivity index (χ2n) is 9.51. The lowest BCUT2D eigenvalue weighted by molar-refractivity contribution is -0.140. The minimum atomic E-state index is -1.18. The molecule has 8 nitrogen and oxygen atoms in total. The molecule has 0 aromatic heterocycles. The number of aliphatic carboxylic acids is 1. The molecule has 0 saturated carbocycles. The van der Waals surface area contributed by atoms with Crippen molar-refractivity contribution in [2.75, 3.05) is 6.61 Å². The first-order valence-corrected chi connectivity index (χ1v) is 13.0. The summed E-state index contributed by atoms with van der Waals surface area (Å²) in [5, 5.41) is 30.8. The van der Waals surface area contributed by atoms with Gasteiger partial charge in [0.25, 0.3) is 0 Å². The fourth-order valence-corrected chi connectivity index (χ4v) is 4.46. The van der Waals surface area contributed by atoms with Gasteiger partial charge >= 0.3 is 11.9 Å². The number of carboxylic acid groups (broad SMARTS) is 1. The molecule has 0 unspecified atom stereocenters. The Kier molecular flexibility index (Phi) is 9.48. The molecule has 0 radical (unpaired) electrons. The second kappa shape index (κ2) is 13.4. The van der Waals surface area contributed by atoms with Crippen LogP contribution in [0, 0.1) is 25.2 Å². The van der Waals surface area contributed by atoms with Crippen LogP contribution in [0.25, 0.3) is 11.1 Å². The lowest BCUT2D eigenvalue weighted by Crippen LogP contribution is -2.39. The summed E-state index contributed by atoms with van der Waals surface area (Å²) in [6, 6.07) is 26.5. The number of carboxylic acids is 1. The second-order valence-corrected chi connectivity index (χ2v) is 9.51. The maximum Gasteiger partial charge on any atom is 0.343 e. The molecule has 0 amide bonds. The smallest absolute Gasteiger partial charge is 0.343 e. The Labute approximate surface area is 238 Å². The molecule has 0 aliphatic rings. The molecule has 208 valence electrons. The van der Waals surface area contributed by atoms with Crippen LogP contribution in [-0.2, 0) is 17.9 Å². The van der Waals surface area contributed by atoms with Crippen molar-refractivity contribution < 1.29 is 29.3 Å². The van der Waals surface area contributed by atoms with Crippen LogP contribution >= 0.6 is 0 Å². The fraction of sp³-hybridized carbons (Fsp3) is 0.182. The Morgan fingerprint density at radius 2 is 1.73 bits per heavy atom. The highest BCUT2D eigenvalue weighted by Crippen LogP contribution is 2.31. The Balaban J connectivity index is 1.63. The summed E-state index contributed by atoms with van der Waals surface area (Å²) in [6.07, 6.45) is 0. The maximum atomic E-state index is 13.3. The SMILES string of the molecule is Cc1cc(OC(=O)c2cccc(-c3ccccc3)c2C)cc(OCc2cccc(C#N)c2)c1CN[C@H](CO)C(=O)O. The van der Waals surface area contributed by atoms with Gasteiger partial charge in [-0.05, 0) is 65.9 Å². The summed E-state index contributed by atoms with van der Waals surface area (Å²) in [5.74, 6) is -1.07. The number of hydrogen-bond acceptors (Lipinski definition) is 7. The summed E-state index contributed by atoms with van der Waals surface area (Å²) < 4.78 is 11.9. The van der Waals surface area contributed by atoms with E-state index >= 15 is 0 Å². The summed E-state index contributed by atoms with van der Waals surface area (Å²) in [6.45, 7) is 3.31. The average Bonchev–Trinajstić information content (AvgIpc) is 2.97. The van der Waals surface area contributed by atoms with E-state index in [0.717, 1.165) is 22.3 Å². The van der Waals surface area contributed by atoms with Gasteiger partial charge in [0.15, 0.2) is 0 Å². The first kappa shape index (κ1) is 29.0. The normalized spacial score (nSPS) is 11.4. The monoisotopic (exact) mass is 550 g/mol. The lowest BCUT2D eigenvalue weighted by Gasteiger charge is -2.19. The third-order valence-electron chi connectivity index (χ3n) is 6.71. The number of aryl methyl sites for hydroxylation is 1. The molecule has 0 spiro atoms. The molecular formula is C33H30N2O6. The number of carbonyl (C=O) groups excluding carboxylic acids is 1. The van der Waals surface area contributed by atoms with Gasteiger partial charge in [-0.15, -0.1) is 0 Å². The molecule has 8 heteroatoms. The van der Waals surface area contributed by atoms with Gasteiger partial charge in [0.05, 0.1) is 23.8 Å². The molecule has 0 fully saturated rings. The van der Waals surface area contributed by atoms with E-state index in [1.807, 2.05) is 55.5 Å². The zero-order valence-electron chi connectivity index (χ0n) is 22.8. The van der Waals surface area contributed by atoms with E-state index in [2.05, 4.69) is 11.4 Å². The van der Waals surface area contributed by atoms with Gasteiger partial charge in [-0.1, -0.05) is 54.6 Å². The highest BCUT2D eigenvalue weighted by molar-refractivity contribution is 5.95. The number of nitrogens with zero attached hydrogens (tertiary/aromatic N) is 1. The van der Waals surface area contributed by atoms with Gasteiger partial charge in [-0.2, -0.15) is 5.26 Å². The number of aliphatic hydroxyl groups excluding tert-OH is 1. The average molecular weight is 551 g/mol. The van der Waals surface area contributed by atoms with E-state index in [4.69, 9.17) is 9.47 Å². The molecule has 1 atom stereocenters. The van der Waals surface area contributed by atoms with Crippen LogP contribution < -0.4 is 14.8 Å². The summed E-state index contributed by atoms with van der Waals surface area (Å²) in [7, 11) is 0. The van der Waals surface area contributed by atoms with Gasteiger partial charge in [-0.3, -0.25) is 10.1 Å². The van der Waals surface area contributed by atoms with Crippen molar-refractivity contribution in [2.45, 2.75) is 33.0 Å². The molecule has 0 bridgehead atoms. The van der Waals surface area contributed by atoms with E-state index in [-0.39, 0.29) is 18.9 Å². The Morgan fingerprint density at radius 1 is 0.976 bits per heavy atom. The van der Waals surface area contributed by atoms with Crippen LogP contribution in [0.3, 0.4) is 0 Å². The van der Waals surface area contributed by atoms with Crippen molar-refractivity contribution in [3.05, 3.63) is 118 Å². The highest BCUT2D eigenvalue weighted by Gasteiger charge is 2.20. The van der Waals surface area contributed by atoms with Crippen molar-refractivity contribution in [3.63, 3.8) is 0 Å². The summed E-state index contributed by atoms with van der Waals surface area (Å²) in [5.41, 5.74) is 5.73. The van der Waals surface area contributed by atoms with Crippen LogP contribution in [0.4, 0.5) is 0 Å². The number of rotatable bonds is 11. The largest absolute Gasteiger partial charge is 0.488 e. The first-order chi connectivity index (χ1) is 19.8. The Morgan fingerprint density at radius 3 is 2.44 bits per heavy atom. The number of nitrogens with one attached hydrogen (secondary N) is 1. The van der Waals surface area contributed by atoms with E-state index in [1.54, 1.807) is 43.3 Å². The van der Waals surface area contributed by atoms with Gasteiger partial charge in [0, 0.05) is 18.2 Å². The Bertz CT molecular complexity index is 1590. The molecule has 4 aromatic carbocycles. The van der Waals surface area contributed by atoms with E-state index in [9.17, 15) is 25.1 Å². The minimum Gasteiger partial charge on any atom is -0.488 e. The van der Waals surface area contributed by atoms with Gasteiger partial charge < -0.3 is 19.7 Å². The molecule has 3 N–H and O–H groups in total. The zero-order valence-corrected chi connectivity index (χ0v) is 22.8. The van der Waals surface area contributed by atoms with Gasteiger partial charge in [0.2, 0.25) is 0 Å². The van der Waals surface area contributed by atoms with E-state index in [0.29, 0.717) is 28.0 Å². The van der Waals surface area contributed by atoms with Crippen LogP contribution in [0.5, 0.6) is 11.5 Å². The van der Waals surface area contributed by atoms with Crippen molar-refractivity contribution in [3.8, 4) is 28.7 Å². The third kappa shape index (κ3) is 7.17. The van der Waals surface area contributed by atoms with E-state index in [1.165, 1.54) is 0 Å². The number of benzene rings is 4. The van der Waals surface area contributed by atoms with Crippen LogP contribution in [0.2, 0.25) is 0 Å². The van der Waals surface area contributed by atoms with Crippen molar-refractivity contribution in [2.24, 2.45) is 0 Å². The van der Waals surface area contributed by atoms with Crippen LogP contribution in [0.15, 0.2) is 84.9 Å². The molecule has 4 aromatic rings. The molecule has 41 heavy (non-hydrogen) atoms. The molecule has 0 saturated heterocycles. The van der Waals surface area contributed by atoms with Gasteiger partial charge in [0.1, 0.15) is 24.1 Å². The first-order valence-electron chi connectivity index (χ1n) is 13.0. The third-order valence-corrected chi connectivity index (χ3v) is 6.71. The number of esters is 1. The lowest BCUT2D eigenvalue weighted by atomic mass is 9.96. The summed E-state index contributed by atoms with van der Waals surface area (Å²) in [4.78, 5) is 24.7. The molecule has 0 aliphatic carbocycles. The van der Waals surface area contributed by atoms with Crippen LogP contribution in [0.1, 0.15) is 38.2 Å². The maximum absolute atomic E-state index is 13.3. The predicted molar refractivity (Wildman–Crippen MR) is 154 cm³/mol. The minimum absolute atomic E-state index is 0.0867. The quantitative estimate of drug-likeness (QED) is 0.172. The molecule has 0 aliphatic heterocycles. The zero-order chi connectivity index (χ0) is 29.4. The standard InChI is InChI=1S/C33H30N2O6/c1-21-14-26(41-33(39)28-13-7-12-27(22(28)2)25-10-4-3-5-11-25)16-31(29(21)18-35-30(19-36)32(37)38)40-20-24-9-6-8-23(15-24)17-34/h3-16,30,35-36H,18-20H2,1-2H3,(H,37,38)/t30-/m1/s1. The van der Waals surface area contributed by atoms with Crippen molar-refractivity contribution in [1.82, 2.24) is 5.32 Å². The van der Waals surface area contributed by atoms with Crippen molar-refractivity contribution in [1.29, 1.82) is 5.26 Å². The number of hydrogen-bond donors (Lipinski definition) is 3. The Hall–Kier alpha value is -4.97. The molecular weight excluding hydrogens is 520 g/mol. The van der Waals surface area contributed by atoms with Crippen molar-refractivity contribution >= 4 is 11.9 Å². The highest BCUT2D eigenvalue weighted by atomic mass is 16.5. The topological polar surface area (TPSA) is 129 Å². The molecule has 0 heterocycles. The number of nitriles is 1.